The first-order valence-corrected chi connectivity index (χ1v) is 14.9. The summed E-state index contributed by atoms with van der Waals surface area (Å²) in [4.78, 5) is 0. The molecule has 1 N–H and O–H groups in total. The molecule has 0 aliphatic heterocycles. The zero-order valence-electron chi connectivity index (χ0n) is 22.3. The molecule has 194 valence electrons. The molecule has 7 atom stereocenters. The van der Waals surface area contributed by atoms with Crippen LogP contribution in [-0.4, -0.2) is 24.4 Å². The number of hydrogen-bond acceptors (Lipinski definition) is 5. The molecule has 3 rings (SSSR count). The summed E-state index contributed by atoms with van der Waals surface area (Å²) in [6.07, 6.45) is 5.67. The van der Waals surface area contributed by atoms with Crippen molar-refractivity contribution in [2.45, 2.75) is 98.1 Å². The summed E-state index contributed by atoms with van der Waals surface area (Å²) in [5, 5.41) is 11.6. The Hall–Kier alpha value is -0.870. The molecule has 0 unspecified atom stereocenters. The SMILES string of the molecule is COc1ccccc1[C@H](O)P(=O)(O[C@@H]1C[C@H](C)CC[C@H]1C(C)C)O[C@@H]1C[C@H](C)CC[C@H]1C(C)C. The molecule has 1 aromatic carbocycles. The van der Waals surface area contributed by atoms with Crippen molar-refractivity contribution in [3.05, 3.63) is 29.8 Å². The predicted molar refractivity (Wildman–Crippen MR) is 138 cm³/mol. The second kappa shape index (κ2) is 11.9. The second-order valence-corrected chi connectivity index (χ2v) is 13.6. The van der Waals surface area contributed by atoms with Gasteiger partial charge in [-0.05, 0) is 67.3 Å². The van der Waals surface area contributed by atoms with Crippen LogP contribution in [0.25, 0.3) is 0 Å². The Kier molecular flexibility index (Phi) is 9.71. The highest BCUT2D eigenvalue weighted by Crippen LogP contribution is 2.65. The highest BCUT2D eigenvalue weighted by Gasteiger charge is 2.47. The maximum Gasteiger partial charge on any atom is 0.364 e. The van der Waals surface area contributed by atoms with E-state index in [0.29, 0.717) is 46.8 Å². The lowest BCUT2D eigenvalue weighted by molar-refractivity contribution is -0.0155. The number of aliphatic hydroxyl groups excluding tert-OH is 1. The molecule has 0 saturated heterocycles. The van der Waals surface area contributed by atoms with Gasteiger partial charge in [0.15, 0.2) is 5.85 Å². The molecule has 1 aromatic rings. The third-order valence-electron chi connectivity index (χ3n) is 8.20. The van der Waals surface area contributed by atoms with Crippen molar-refractivity contribution in [3.8, 4) is 5.75 Å². The van der Waals surface area contributed by atoms with Gasteiger partial charge < -0.3 is 18.9 Å². The number of hydrogen-bond donors (Lipinski definition) is 1. The molecular formula is C28H47O5P. The Morgan fingerprint density at radius 2 is 1.32 bits per heavy atom. The average Bonchev–Trinajstić information content (AvgIpc) is 2.78. The van der Waals surface area contributed by atoms with Crippen LogP contribution >= 0.6 is 7.60 Å². The number of methoxy groups -OCH3 is 1. The molecule has 2 aliphatic rings. The van der Waals surface area contributed by atoms with Crippen LogP contribution in [0.15, 0.2) is 24.3 Å². The van der Waals surface area contributed by atoms with E-state index in [1.807, 2.05) is 12.1 Å². The molecule has 34 heavy (non-hydrogen) atoms. The van der Waals surface area contributed by atoms with E-state index in [9.17, 15) is 9.67 Å². The van der Waals surface area contributed by atoms with Gasteiger partial charge in [0.1, 0.15) is 5.75 Å². The van der Waals surface area contributed by atoms with E-state index >= 15 is 0 Å². The number of para-hydroxylation sites is 1. The molecule has 5 nitrogen and oxygen atoms in total. The number of ether oxygens (including phenoxy) is 1. The number of benzene rings is 1. The van der Waals surface area contributed by atoms with Crippen molar-refractivity contribution in [1.29, 1.82) is 0 Å². The van der Waals surface area contributed by atoms with Gasteiger partial charge in [-0.3, -0.25) is 4.57 Å². The summed E-state index contributed by atoms with van der Waals surface area (Å²) < 4.78 is 33.3. The fraction of sp³-hybridized carbons (Fsp3) is 0.786. The van der Waals surface area contributed by atoms with Gasteiger partial charge in [-0.1, -0.05) is 72.6 Å². The van der Waals surface area contributed by atoms with Crippen LogP contribution in [0.3, 0.4) is 0 Å². The Morgan fingerprint density at radius 1 is 0.853 bits per heavy atom. The molecule has 6 heteroatoms. The molecule has 0 heterocycles. The molecule has 0 radical (unpaired) electrons. The lowest BCUT2D eigenvalue weighted by atomic mass is 9.75. The van der Waals surface area contributed by atoms with Crippen molar-refractivity contribution < 1.29 is 23.5 Å². The number of rotatable bonds is 9. The van der Waals surface area contributed by atoms with Gasteiger partial charge in [-0.15, -0.1) is 0 Å². The summed E-state index contributed by atoms with van der Waals surface area (Å²) in [5.41, 5.74) is 0.461. The Bertz CT molecular complexity index is 787. The van der Waals surface area contributed by atoms with E-state index in [-0.39, 0.29) is 12.2 Å². The lowest BCUT2D eigenvalue weighted by Gasteiger charge is -2.42. The third kappa shape index (κ3) is 6.46. The van der Waals surface area contributed by atoms with E-state index in [1.165, 1.54) is 0 Å². The maximum absolute atomic E-state index is 14.7. The Balaban J connectivity index is 1.98. The second-order valence-electron chi connectivity index (χ2n) is 11.6. The van der Waals surface area contributed by atoms with Crippen LogP contribution in [0.4, 0.5) is 0 Å². The van der Waals surface area contributed by atoms with Gasteiger partial charge >= 0.3 is 7.60 Å². The van der Waals surface area contributed by atoms with Crippen LogP contribution < -0.4 is 4.74 Å². The molecule has 2 fully saturated rings. The standard InChI is InChI=1S/C28H47O5P/c1-18(2)22-14-12-20(5)16-26(22)32-34(30,28(29)24-10-8-9-11-25(24)31-7)33-27-17-21(6)13-15-23(27)19(3)4/h8-11,18-23,26-29H,12-17H2,1-7H3/t20-,21-,22+,23+,26-,27-,28-/m1/s1. The minimum atomic E-state index is -3.94. The molecule has 0 aromatic heterocycles. The summed E-state index contributed by atoms with van der Waals surface area (Å²) in [6.45, 7) is 13.3. The van der Waals surface area contributed by atoms with E-state index in [1.54, 1.807) is 19.2 Å². The first-order chi connectivity index (χ1) is 16.1. The lowest BCUT2D eigenvalue weighted by Crippen LogP contribution is -2.37. The van der Waals surface area contributed by atoms with Gasteiger partial charge in [0.25, 0.3) is 0 Å². The van der Waals surface area contributed by atoms with E-state index in [4.69, 9.17) is 13.8 Å². The van der Waals surface area contributed by atoms with E-state index in [0.717, 1.165) is 38.5 Å². The van der Waals surface area contributed by atoms with Crippen LogP contribution in [-0.2, 0) is 13.6 Å². The Labute approximate surface area is 207 Å². The monoisotopic (exact) mass is 494 g/mol. The molecular weight excluding hydrogens is 447 g/mol. The third-order valence-corrected chi connectivity index (χ3v) is 10.2. The summed E-state index contributed by atoms with van der Waals surface area (Å²) in [5.74, 6) is 1.51. The van der Waals surface area contributed by atoms with Crippen LogP contribution in [0.5, 0.6) is 5.75 Å². The van der Waals surface area contributed by atoms with Crippen molar-refractivity contribution in [3.63, 3.8) is 0 Å². The maximum atomic E-state index is 14.7. The van der Waals surface area contributed by atoms with Crippen LogP contribution in [0.2, 0.25) is 0 Å². The quantitative estimate of drug-likeness (QED) is 0.354. The molecule has 0 bridgehead atoms. The molecule has 0 spiro atoms. The first-order valence-electron chi connectivity index (χ1n) is 13.3. The minimum absolute atomic E-state index is 0.197. The van der Waals surface area contributed by atoms with Gasteiger partial charge in [0.2, 0.25) is 0 Å². The Morgan fingerprint density at radius 3 is 1.76 bits per heavy atom. The van der Waals surface area contributed by atoms with Crippen LogP contribution in [0, 0.1) is 35.5 Å². The number of aliphatic hydroxyl groups is 1. The zero-order valence-corrected chi connectivity index (χ0v) is 23.2. The summed E-state index contributed by atoms with van der Waals surface area (Å²) >= 11 is 0. The zero-order chi connectivity index (χ0) is 25.0. The topological polar surface area (TPSA) is 65.0 Å². The van der Waals surface area contributed by atoms with Crippen molar-refractivity contribution >= 4 is 7.60 Å². The van der Waals surface area contributed by atoms with Crippen molar-refractivity contribution in [2.75, 3.05) is 7.11 Å². The smallest absolute Gasteiger partial charge is 0.364 e. The summed E-state index contributed by atoms with van der Waals surface area (Å²) in [7, 11) is -2.38. The fourth-order valence-corrected chi connectivity index (χ4v) is 8.11. The van der Waals surface area contributed by atoms with Crippen molar-refractivity contribution in [2.24, 2.45) is 35.5 Å². The van der Waals surface area contributed by atoms with E-state index in [2.05, 4.69) is 41.5 Å². The predicted octanol–water partition coefficient (Wildman–Crippen LogP) is 7.83. The average molecular weight is 495 g/mol. The normalized spacial score (nSPS) is 31.6. The van der Waals surface area contributed by atoms with Crippen molar-refractivity contribution in [1.82, 2.24) is 0 Å². The minimum Gasteiger partial charge on any atom is -0.496 e. The summed E-state index contributed by atoms with van der Waals surface area (Å²) in [6, 6.07) is 7.21. The van der Waals surface area contributed by atoms with Gasteiger partial charge in [0.05, 0.1) is 19.3 Å². The van der Waals surface area contributed by atoms with Gasteiger partial charge in [0, 0.05) is 5.56 Å². The molecule has 2 saturated carbocycles. The molecule has 2 aliphatic carbocycles. The first kappa shape index (κ1) is 27.7. The highest BCUT2D eigenvalue weighted by atomic mass is 31.2. The van der Waals surface area contributed by atoms with E-state index < -0.39 is 13.4 Å². The largest absolute Gasteiger partial charge is 0.496 e. The van der Waals surface area contributed by atoms with Gasteiger partial charge in [-0.2, -0.15) is 0 Å². The fourth-order valence-electron chi connectivity index (χ4n) is 6.04. The highest BCUT2D eigenvalue weighted by molar-refractivity contribution is 7.54. The van der Waals surface area contributed by atoms with Crippen LogP contribution in [0.1, 0.15) is 91.5 Å². The molecule has 0 amide bonds. The van der Waals surface area contributed by atoms with Gasteiger partial charge in [-0.25, -0.2) is 0 Å².